The van der Waals surface area contributed by atoms with E-state index in [4.69, 9.17) is 9.84 Å². The van der Waals surface area contributed by atoms with Gasteiger partial charge in [-0.05, 0) is 31.2 Å². The van der Waals surface area contributed by atoms with Crippen LogP contribution < -0.4 is 15.5 Å². The summed E-state index contributed by atoms with van der Waals surface area (Å²) in [5.74, 6) is 0.209. The average molecular weight is 371 g/mol. The van der Waals surface area contributed by atoms with Gasteiger partial charge in [0.1, 0.15) is 30.2 Å². The van der Waals surface area contributed by atoms with E-state index in [1.807, 2.05) is 6.92 Å². The molecule has 0 aliphatic rings. The number of nitrogens with one attached hydrogen (secondary N) is 2. The first kappa shape index (κ1) is 21.8. The fourth-order valence-electron chi connectivity index (χ4n) is 1.87. The summed E-state index contributed by atoms with van der Waals surface area (Å²) in [6, 6.07) is 7.00. The first-order valence-electron chi connectivity index (χ1n) is 8.00. The number of hydrogen-bond acceptors (Lipinski definition) is 9. The fraction of sp³-hybridized carbons (Fsp3) is 0.500. The predicted octanol–water partition coefficient (Wildman–Crippen LogP) is -1.96. The van der Waals surface area contributed by atoms with Crippen molar-refractivity contribution in [2.24, 2.45) is 5.10 Å². The van der Waals surface area contributed by atoms with Crippen molar-refractivity contribution in [3.63, 3.8) is 0 Å². The molecular weight excluding hydrogens is 346 g/mol. The number of carbonyl (C=O) groups is 1. The summed E-state index contributed by atoms with van der Waals surface area (Å²) in [4.78, 5) is 11.6. The third-order valence-corrected chi connectivity index (χ3v) is 3.32. The number of anilines is 1. The number of hydrazone groups is 1. The van der Waals surface area contributed by atoms with Gasteiger partial charge >= 0.3 is 0 Å². The number of carbonyl (C=O) groups excluding carboxylic acids is 1. The fourth-order valence-corrected chi connectivity index (χ4v) is 1.87. The number of benzene rings is 1. The Morgan fingerprint density at radius 3 is 2.42 bits per heavy atom. The van der Waals surface area contributed by atoms with Crippen LogP contribution in [0.25, 0.3) is 0 Å². The van der Waals surface area contributed by atoms with Gasteiger partial charge in [-0.15, -0.1) is 0 Å². The second-order valence-corrected chi connectivity index (χ2v) is 5.35. The zero-order valence-corrected chi connectivity index (χ0v) is 14.3. The second kappa shape index (κ2) is 11.4. The van der Waals surface area contributed by atoms with Gasteiger partial charge in [-0.25, -0.2) is 5.43 Å². The number of nitrogens with zero attached hydrogens (tertiary/aromatic N) is 1. The number of aliphatic hydroxyl groups is 5. The van der Waals surface area contributed by atoms with Gasteiger partial charge in [0.05, 0.1) is 26.0 Å². The van der Waals surface area contributed by atoms with Crippen molar-refractivity contribution in [3.8, 4) is 5.75 Å². The minimum Gasteiger partial charge on any atom is -0.494 e. The van der Waals surface area contributed by atoms with Crippen LogP contribution in [0.1, 0.15) is 6.92 Å². The maximum Gasteiger partial charge on any atom is 0.259 e. The van der Waals surface area contributed by atoms with E-state index in [-0.39, 0.29) is 6.54 Å². The van der Waals surface area contributed by atoms with Crippen LogP contribution in [-0.4, -0.2) is 81.8 Å². The monoisotopic (exact) mass is 371 g/mol. The Balaban J connectivity index is 2.37. The third-order valence-electron chi connectivity index (χ3n) is 3.32. The summed E-state index contributed by atoms with van der Waals surface area (Å²) in [5.41, 5.74) is 2.83. The summed E-state index contributed by atoms with van der Waals surface area (Å²) in [6.45, 7) is 1.57. The van der Waals surface area contributed by atoms with Crippen LogP contribution in [0.5, 0.6) is 5.75 Å². The van der Waals surface area contributed by atoms with Crippen LogP contribution in [0.3, 0.4) is 0 Å². The molecule has 1 amide bonds. The molecule has 1 aromatic rings. The van der Waals surface area contributed by atoms with E-state index in [0.29, 0.717) is 18.0 Å². The topological polar surface area (TPSA) is 164 Å². The third kappa shape index (κ3) is 7.33. The lowest BCUT2D eigenvalue weighted by Gasteiger charge is -2.23. The molecule has 1 aromatic carbocycles. The number of hydrogen-bond donors (Lipinski definition) is 7. The molecule has 0 saturated carbocycles. The minimum absolute atomic E-state index is 0.0875. The van der Waals surface area contributed by atoms with Crippen LogP contribution in [0.15, 0.2) is 29.4 Å². The Morgan fingerprint density at radius 2 is 1.85 bits per heavy atom. The van der Waals surface area contributed by atoms with E-state index in [1.165, 1.54) is 0 Å². The molecule has 0 fully saturated rings. The van der Waals surface area contributed by atoms with Crippen LogP contribution in [-0.2, 0) is 4.79 Å². The standard InChI is InChI=1S/C16H25N3O7/c1-2-26-11-5-3-10(4-6-11)17-8-14(23)19-18-7-12(21)15(24)16(25)13(22)9-20/h3-7,12-13,15-17,20-22,24-25H,2,8-9H2,1H3,(H,19,23). The molecule has 4 unspecified atom stereocenters. The minimum atomic E-state index is -1.78. The van der Waals surface area contributed by atoms with Gasteiger partial charge < -0.3 is 35.6 Å². The van der Waals surface area contributed by atoms with Crippen molar-refractivity contribution in [3.05, 3.63) is 24.3 Å². The van der Waals surface area contributed by atoms with Gasteiger partial charge in [-0.3, -0.25) is 4.79 Å². The number of aliphatic hydroxyl groups excluding tert-OH is 5. The molecule has 0 heterocycles. The van der Waals surface area contributed by atoms with Crippen LogP contribution in [0.2, 0.25) is 0 Å². The molecule has 0 aliphatic heterocycles. The van der Waals surface area contributed by atoms with Crippen molar-refractivity contribution in [2.75, 3.05) is 25.1 Å². The molecule has 146 valence electrons. The summed E-state index contributed by atoms with van der Waals surface area (Å²) in [7, 11) is 0. The van der Waals surface area contributed by atoms with Gasteiger partial charge in [0.25, 0.3) is 5.91 Å². The molecule has 0 spiro atoms. The van der Waals surface area contributed by atoms with Crippen molar-refractivity contribution < 1.29 is 35.1 Å². The summed E-state index contributed by atoms with van der Waals surface area (Å²) in [6.07, 6.45) is -6.00. The van der Waals surface area contributed by atoms with Gasteiger partial charge in [-0.1, -0.05) is 0 Å². The van der Waals surface area contributed by atoms with Crippen LogP contribution in [0, 0.1) is 0 Å². The van der Waals surface area contributed by atoms with E-state index in [2.05, 4.69) is 15.8 Å². The van der Waals surface area contributed by atoms with Crippen molar-refractivity contribution in [1.82, 2.24) is 5.43 Å². The highest BCUT2D eigenvalue weighted by molar-refractivity contribution is 5.81. The summed E-state index contributed by atoms with van der Waals surface area (Å²) < 4.78 is 5.30. The van der Waals surface area contributed by atoms with E-state index in [0.717, 1.165) is 6.21 Å². The smallest absolute Gasteiger partial charge is 0.259 e. The Bertz CT molecular complexity index is 567. The van der Waals surface area contributed by atoms with E-state index in [1.54, 1.807) is 24.3 Å². The number of rotatable bonds is 11. The van der Waals surface area contributed by atoms with Crippen LogP contribution >= 0.6 is 0 Å². The zero-order valence-electron chi connectivity index (χ0n) is 14.3. The van der Waals surface area contributed by atoms with Gasteiger partial charge in [-0.2, -0.15) is 5.10 Å². The maximum atomic E-state index is 11.6. The Morgan fingerprint density at radius 1 is 1.19 bits per heavy atom. The second-order valence-electron chi connectivity index (χ2n) is 5.35. The van der Waals surface area contributed by atoms with E-state index < -0.39 is 36.9 Å². The number of amides is 1. The van der Waals surface area contributed by atoms with Gasteiger partial charge in [0, 0.05) is 5.69 Å². The first-order chi connectivity index (χ1) is 12.4. The molecular formula is C16H25N3O7. The first-order valence-corrected chi connectivity index (χ1v) is 8.00. The van der Waals surface area contributed by atoms with Crippen LogP contribution in [0.4, 0.5) is 5.69 Å². The lowest BCUT2D eigenvalue weighted by Crippen LogP contribution is -2.46. The van der Waals surface area contributed by atoms with Gasteiger partial charge in [0.2, 0.25) is 0 Å². The molecule has 1 rings (SSSR count). The zero-order chi connectivity index (χ0) is 19.5. The average Bonchev–Trinajstić information content (AvgIpc) is 2.65. The summed E-state index contributed by atoms with van der Waals surface area (Å²) in [5, 5.41) is 52.8. The van der Waals surface area contributed by atoms with E-state index in [9.17, 15) is 25.2 Å². The number of ether oxygens (including phenoxy) is 1. The maximum absolute atomic E-state index is 11.6. The molecule has 10 nitrogen and oxygen atoms in total. The normalized spacial score (nSPS) is 15.9. The Hall–Kier alpha value is -2.24. The van der Waals surface area contributed by atoms with Gasteiger partial charge in [0.15, 0.2) is 0 Å². The van der Waals surface area contributed by atoms with Crippen molar-refractivity contribution in [1.29, 1.82) is 0 Å². The molecule has 0 saturated heterocycles. The lowest BCUT2D eigenvalue weighted by atomic mass is 10.0. The molecule has 0 radical (unpaired) electrons. The largest absolute Gasteiger partial charge is 0.494 e. The SMILES string of the molecule is CCOc1ccc(NCC(=O)NN=CC(O)C(O)C(O)C(O)CO)cc1. The van der Waals surface area contributed by atoms with E-state index >= 15 is 0 Å². The molecule has 10 heteroatoms. The molecule has 7 N–H and O–H groups in total. The molecule has 4 atom stereocenters. The molecule has 0 aliphatic carbocycles. The molecule has 26 heavy (non-hydrogen) atoms. The highest BCUT2D eigenvalue weighted by Crippen LogP contribution is 2.15. The Labute approximate surface area is 150 Å². The van der Waals surface area contributed by atoms with Crippen molar-refractivity contribution >= 4 is 17.8 Å². The highest BCUT2D eigenvalue weighted by atomic mass is 16.5. The highest BCUT2D eigenvalue weighted by Gasteiger charge is 2.29. The molecule has 0 aromatic heterocycles. The molecule has 0 bridgehead atoms. The van der Waals surface area contributed by atoms with Crippen molar-refractivity contribution in [2.45, 2.75) is 31.3 Å². The lowest BCUT2D eigenvalue weighted by molar-refractivity contribution is -0.119. The Kier molecular flexibility index (Phi) is 9.55. The quantitative estimate of drug-likeness (QED) is 0.174. The summed E-state index contributed by atoms with van der Waals surface area (Å²) >= 11 is 0. The predicted molar refractivity (Wildman–Crippen MR) is 93.8 cm³/mol.